The van der Waals surface area contributed by atoms with Crippen LogP contribution in [0.1, 0.15) is 11.1 Å². The Labute approximate surface area is 99.5 Å². The van der Waals surface area contributed by atoms with Crippen molar-refractivity contribution in [3.8, 4) is 0 Å². The molecule has 0 aromatic heterocycles. The number of carbonyl (C=O) groups is 1. The van der Waals surface area contributed by atoms with Gasteiger partial charge in [-0.25, -0.2) is 4.79 Å². The van der Waals surface area contributed by atoms with Crippen molar-refractivity contribution in [1.29, 1.82) is 0 Å². The molecule has 0 heterocycles. The molecule has 0 aliphatic heterocycles. The number of amides is 2. The average Bonchev–Trinajstić information content (AvgIpc) is 2.75. The van der Waals surface area contributed by atoms with Gasteiger partial charge in [0.25, 0.3) is 0 Å². The van der Waals surface area contributed by atoms with Crippen LogP contribution >= 0.6 is 11.6 Å². The average molecular weight is 237 g/mol. The number of fused-ring (bicyclic) bond motifs is 1. The zero-order chi connectivity index (χ0) is 11.4. The van der Waals surface area contributed by atoms with Crippen molar-refractivity contribution in [3.63, 3.8) is 0 Å². The molecule has 0 radical (unpaired) electrons. The Morgan fingerprint density at radius 1 is 1.44 bits per heavy atom. The first-order chi connectivity index (χ1) is 7.81. The van der Waals surface area contributed by atoms with Crippen molar-refractivity contribution in [2.45, 2.75) is 6.42 Å². The normalized spacial score (nSPS) is 12.3. The minimum Gasteiger partial charge on any atom is -0.337 e. The van der Waals surface area contributed by atoms with Crippen LogP contribution in [0.15, 0.2) is 24.3 Å². The second-order valence-electron chi connectivity index (χ2n) is 3.55. The second kappa shape index (κ2) is 5.03. The third-order valence-corrected chi connectivity index (χ3v) is 2.64. The number of carbonyl (C=O) groups excluding carboxylic acids is 1. The van der Waals surface area contributed by atoms with E-state index in [1.54, 1.807) is 0 Å². The van der Waals surface area contributed by atoms with Crippen LogP contribution in [0.4, 0.5) is 10.5 Å². The van der Waals surface area contributed by atoms with Crippen LogP contribution in [-0.4, -0.2) is 18.5 Å². The van der Waals surface area contributed by atoms with E-state index in [9.17, 15) is 4.79 Å². The summed E-state index contributed by atoms with van der Waals surface area (Å²) in [6.07, 6.45) is 5.06. The van der Waals surface area contributed by atoms with Gasteiger partial charge in [-0.1, -0.05) is 24.3 Å². The molecule has 0 spiro atoms. The summed E-state index contributed by atoms with van der Waals surface area (Å²) in [4.78, 5) is 11.5. The number of urea groups is 1. The Kier molecular flexibility index (Phi) is 3.47. The molecule has 0 atom stereocenters. The first kappa shape index (κ1) is 11.0. The number of allylic oxidation sites excluding steroid dienone is 1. The fraction of sp³-hybridized carbons (Fsp3) is 0.250. The number of hydrogen-bond donors (Lipinski definition) is 2. The molecule has 2 rings (SSSR count). The molecule has 1 aromatic rings. The molecule has 1 aliphatic rings. The zero-order valence-electron chi connectivity index (χ0n) is 8.79. The van der Waals surface area contributed by atoms with Crippen molar-refractivity contribution in [2.75, 3.05) is 17.7 Å². The van der Waals surface area contributed by atoms with Crippen molar-refractivity contribution in [1.82, 2.24) is 5.32 Å². The van der Waals surface area contributed by atoms with Gasteiger partial charge in [0, 0.05) is 23.7 Å². The van der Waals surface area contributed by atoms with Crippen LogP contribution in [0, 0.1) is 0 Å². The lowest BCUT2D eigenvalue weighted by atomic mass is 10.1. The van der Waals surface area contributed by atoms with Crippen molar-refractivity contribution in [3.05, 3.63) is 35.4 Å². The second-order valence-corrected chi connectivity index (χ2v) is 3.93. The molecular formula is C12H13ClN2O. The number of nitrogens with one attached hydrogen (secondary N) is 2. The quantitative estimate of drug-likeness (QED) is 0.779. The summed E-state index contributed by atoms with van der Waals surface area (Å²) in [5, 5.41) is 5.48. The van der Waals surface area contributed by atoms with Gasteiger partial charge in [-0.15, -0.1) is 11.6 Å². The van der Waals surface area contributed by atoms with Gasteiger partial charge < -0.3 is 10.6 Å². The topological polar surface area (TPSA) is 41.1 Å². The lowest BCUT2D eigenvalue weighted by Gasteiger charge is -2.10. The molecule has 4 heteroatoms. The van der Waals surface area contributed by atoms with Crippen molar-refractivity contribution >= 4 is 29.4 Å². The third-order valence-electron chi connectivity index (χ3n) is 2.45. The number of halogens is 1. The predicted molar refractivity (Wildman–Crippen MR) is 66.9 cm³/mol. The van der Waals surface area contributed by atoms with Crippen LogP contribution in [-0.2, 0) is 6.42 Å². The highest BCUT2D eigenvalue weighted by molar-refractivity contribution is 6.18. The van der Waals surface area contributed by atoms with Crippen LogP contribution < -0.4 is 10.6 Å². The predicted octanol–water partition coefficient (Wildman–Crippen LogP) is 2.62. The Balaban J connectivity index is 2.07. The van der Waals surface area contributed by atoms with Crippen molar-refractivity contribution in [2.24, 2.45) is 0 Å². The molecule has 2 amide bonds. The van der Waals surface area contributed by atoms with E-state index >= 15 is 0 Å². The van der Waals surface area contributed by atoms with E-state index in [-0.39, 0.29) is 6.03 Å². The summed E-state index contributed by atoms with van der Waals surface area (Å²) in [7, 11) is 0. The van der Waals surface area contributed by atoms with E-state index in [0.29, 0.717) is 12.4 Å². The molecule has 16 heavy (non-hydrogen) atoms. The van der Waals surface area contributed by atoms with E-state index in [4.69, 9.17) is 11.6 Å². The van der Waals surface area contributed by atoms with Gasteiger partial charge in [0.05, 0.1) is 0 Å². The molecular weight excluding hydrogens is 224 g/mol. The van der Waals surface area contributed by atoms with Crippen molar-refractivity contribution < 1.29 is 4.79 Å². The highest BCUT2D eigenvalue weighted by Crippen LogP contribution is 2.26. The lowest BCUT2D eigenvalue weighted by Crippen LogP contribution is -2.30. The molecule has 0 saturated carbocycles. The number of rotatable bonds is 3. The summed E-state index contributed by atoms with van der Waals surface area (Å²) in [6.45, 7) is 0.470. The van der Waals surface area contributed by atoms with E-state index in [2.05, 4.69) is 22.8 Å². The molecule has 3 nitrogen and oxygen atoms in total. The lowest BCUT2D eigenvalue weighted by molar-refractivity contribution is 0.252. The highest BCUT2D eigenvalue weighted by atomic mass is 35.5. The first-order valence-corrected chi connectivity index (χ1v) is 5.74. The Morgan fingerprint density at radius 2 is 2.31 bits per heavy atom. The highest BCUT2D eigenvalue weighted by Gasteiger charge is 2.10. The number of hydrogen-bond acceptors (Lipinski definition) is 1. The van der Waals surface area contributed by atoms with E-state index in [0.717, 1.165) is 17.7 Å². The minimum absolute atomic E-state index is 0.214. The SMILES string of the molecule is O=C(NCCCl)Nc1cccc2c1C=CC2. The monoisotopic (exact) mass is 236 g/mol. The largest absolute Gasteiger partial charge is 0.337 e. The fourth-order valence-corrected chi connectivity index (χ4v) is 1.82. The zero-order valence-corrected chi connectivity index (χ0v) is 9.55. The maximum absolute atomic E-state index is 11.5. The number of anilines is 1. The van der Waals surface area contributed by atoms with E-state index < -0.39 is 0 Å². The van der Waals surface area contributed by atoms with E-state index in [1.165, 1.54) is 5.56 Å². The fourth-order valence-electron chi connectivity index (χ4n) is 1.73. The van der Waals surface area contributed by atoms with Crippen LogP contribution in [0.2, 0.25) is 0 Å². The molecule has 0 fully saturated rings. The third kappa shape index (κ3) is 2.36. The van der Waals surface area contributed by atoms with Crippen LogP contribution in [0.3, 0.4) is 0 Å². The van der Waals surface area contributed by atoms with Gasteiger partial charge in [-0.05, 0) is 18.1 Å². The maximum Gasteiger partial charge on any atom is 0.319 e. The summed E-state index contributed by atoms with van der Waals surface area (Å²) in [5.74, 6) is 0.417. The van der Waals surface area contributed by atoms with Gasteiger partial charge in [-0.2, -0.15) is 0 Å². The summed E-state index contributed by atoms with van der Waals surface area (Å²) in [6, 6.07) is 5.70. The summed E-state index contributed by atoms with van der Waals surface area (Å²) < 4.78 is 0. The van der Waals surface area contributed by atoms with Gasteiger partial charge >= 0.3 is 6.03 Å². The standard InChI is InChI=1S/C12H13ClN2O/c13-7-8-14-12(16)15-11-6-2-4-9-3-1-5-10(9)11/h1-2,4-6H,3,7-8H2,(H2,14,15,16). The van der Waals surface area contributed by atoms with E-state index in [1.807, 2.05) is 18.2 Å². The smallest absolute Gasteiger partial charge is 0.319 e. The maximum atomic E-state index is 11.5. The Bertz CT molecular complexity index is 429. The molecule has 84 valence electrons. The summed E-state index contributed by atoms with van der Waals surface area (Å²) >= 11 is 5.49. The van der Waals surface area contributed by atoms with Crippen LogP contribution in [0.5, 0.6) is 0 Å². The molecule has 0 unspecified atom stereocenters. The molecule has 0 saturated heterocycles. The molecule has 0 bridgehead atoms. The Morgan fingerprint density at radius 3 is 3.12 bits per heavy atom. The van der Waals surface area contributed by atoms with Crippen LogP contribution in [0.25, 0.3) is 6.08 Å². The Hall–Kier alpha value is -1.48. The number of benzene rings is 1. The van der Waals surface area contributed by atoms with Gasteiger partial charge in [0.15, 0.2) is 0 Å². The molecule has 2 N–H and O–H groups in total. The first-order valence-electron chi connectivity index (χ1n) is 5.20. The van der Waals surface area contributed by atoms with Gasteiger partial charge in [0.2, 0.25) is 0 Å². The van der Waals surface area contributed by atoms with Gasteiger partial charge in [-0.3, -0.25) is 0 Å². The molecule has 1 aromatic carbocycles. The minimum atomic E-state index is -0.214. The summed E-state index contributed by atoms with van der Waals surface area (Å²) in [5.41, 5.74) is 3.19. The van der Waals surface area contributed by atoms with Gasteiger partial charge in [0.1, 0.15) is 0 Å². The molecule has 1 aliphatic carbocycles. The number of alkyl halides is 1.